The second kappa shape index (κ2) is 9.94. The predicted octanol–water partition coefficient (Wildman–Crippen LogP) is 6.43. The van der Waals surface area contributed by atoms with Crippen LogP contribution in [0, 0.1) is 12.8 Å². The lowest BCUT2D eigenvalue weighted by molar-refractivity contribution is -0.138. The number of nitrogens with one attached hydrogen (secondary N) is 1. The Morgan fingerprint density at radius 1 is 1.14 bits per heavy atom. The zero-order chi connectivity index (χ0) is 26.2. The highest BCUT2D eigenvalue weighted by atomic mass is 19.4. The van der Waals surface area contributed by atoms with E-state index in [2.05, 4.69) is 15.2 Å². The first-order chi connectivity index (χ1) is 17.7. The minimum absolute atomic E-state index is 0.0181. The number of aromatic amines is 1. The number of fused-ring (bicyclic) bond motifs is 1. The van der Waals surface area contributed by atoms with Crippen LogP contribution in [0.2, 0.25) is 0 Å². The Morgan fingerprint density at radius 2 is 1.95 bits per heavy atom. The van der Waals surface area contributed by atoms with E-state index in [1.807, 2.05) is 43.1 Å². The van der Waals surface area contributed by atoms with Crippen molar-refractivity contribution in [2.75, 3.05) is 20.1 Å². The predicted molar refractivity (Wildman–Crippen MR) is 137 cm³/mol. The summed E-state index contributed by atoms with van der Waals surface area (Å²) < 4.78 is 40.9. The van der Waals surface area contributed by atoms with Crippen LogP contribution in [0.3, 0.4) is 0 Å². The Balaban J connectivity index is 1.35. The molecule has 0 saturated carbocycles. The van der Waals surface area contributed by atoms with Gasteiger partial charge in [0.2, 0.25) is 0 Å². The van der Waals surface area contributed by atoms with Gasteiger partial charge in [-0.1, -0.05) is 24.3 Å². The van der Waals surface area contributed by atoms with Gasteiger partial charge in [-0.15, -0.1) is 0 Å². The van der Waals surface area contributed by atoms with Crippen molar-refractivity contribution < 1.29 is 18.0 Å². The van der Waals surface area contributed by atoms with E-state index in [1.165, 1.54) is 12.1 Å². The third kappa shape index (κ3) is 5.20. The summed E-state index contributed by atoms with van der Waals surface area (Å²) in [5.74, 6) is -0.426. The Hall–Kier alpha value is -3.78. The number of benzene rings is 2. The van der Waals surface area contributed by atoms with Crippen LogP contribution >= 0.6 is 0 Å². The maximum absolute atomic E-state index is 13.6. The van der Waals surface area contributed by atoms with Crippen molar-refractivity contribution in [3.63, 3.8) is 0 Å². The van der Waals surface area contributed by atoms with Crippen molar-refractivity contribution in [3.05, 3.63) is 95.3 Å². The number of hydrogen-bond acceptors (Lipinski definition) is 4. The van der Waals surface area contributed by atoms with Crippen LogP contribution in [0.4, 0.5) is 13.2 Å². The molecule has 2 atom stereocenters. The number of hydrogen-bond donors (Lipinski definition) is 1. The molecule has 5 rings (SSSR count). The number of likely N-dealkylation sites (N-methyl/N-ethyl adjacent to an activating group) is 1. The number of allylic oxidation sites excluding steroid dienone is 2. The molecule has 8 heteroatoms. The van der Waals surface area contributed by atoms with Gasteiger partial charge in [0.05, 0.1) is 11.1 Å². The van der Waals surface area contributed by atoms with E-state index in [-0.39, 0.29) is 17.6 Å². The number of pyridine rings is 1. The Morgan fingerprint density at radius 3 is 2.73 bits per heavy atom. The Labute approximate surface area is 213 Å². The summed E-state index contributed by atoms with van der Waals surface area (Å²) in [5, 5.41) is 8.27. The van der Waals surface area contributed by atoms with E-state index in [0.717, 1.165) is 33.9 Å². The maximum atomic E-state index is 13.6. The number of aryl methyl sites for hydroxylation is 1. The molecule has 1 aliphatic rings. The van der Waals surface area contributed by atoms with Crippen LogP contribution in [0.25, 0.3) is 22.2 Å². The average molecular weight is 505 g/mol. The lowest BCUT2D eigenvalue weighted by atomic mass is 9.84. The molecule has 1 N–H and O–H groups in total. The highest BCUT2D eigenvalue weighted by Gasteiger charge is 2.39. The van der Waals surface area contributed by atoms with E-state index in [0.29, 0.717) is 30.6 Å². The number of alkyl halides is 3. The molecule has 4 aromatic rings. The number of aromatic nitrogens is 3. The van der Waals surface area contributed by atoms with Gasteiger partial charge in [0, 0.05) is 47.4 Å². The van der Waals surface area contributed by atoms with E-state index in [4.69, 9.17) is 0 Å². The standard InChI is InChI=1S/C29H27F3N4O/c1-18-14-20(12-13-33-18)28-23-15-19(10-11-26(23)34-35-28)27(37)9-5-6-21-16-36(2)17-24(21)22-7-3-4-8-25(22)29(30,31)32/h3-5,7-15,21,24H,6,16-17H2,1-2H3,(H,34,35)/b9-5+/t21?,24-/m1/s1. The number of carbonyl (C=O) groups is 1. The summed E-state index contributed by atoms with van der Waals surface area (Å²) in [7, 11) is 1.92. The quantitative estimate of drug-likeness (QED) is 0.243. The van der Waals surface area contributed by atoms with Crippen LogP contribution in [-0.2, 0) is 6.18 Å². The van der Waals surface area contributed by atoms with Crippen molar-refractivity contribution in [3.8, 4) is 11.3 Å². The molecule has 37 heavy (non-hydrogen) atoms. The van der Waals surface area contributed by atoms with Crippen molar-refractivity contribution >= 4 is 16.7 Å². The van der Waals surface area contributed by atoms with Gasteiger partial charge >= 0.3 is 6.18 Å². The normalized spacial score (nSPS) is 18.7. The second-order valence-corrected chi connectivity index (χ2v) is 9.69. The van der Waals surface area contributed by atoms with Gasteiger partial charge in [-0.25, -0.2) is 0 Å². The lowest BCUT2D eigenvalue weighted by Gasteiger charge is -2.22. The van der Waals surface area contributed by atoms with Gasteiger partial charge in [0.1, 0.15) is 5.69 Å². The van der Waals surface area contributed by atoms with E-state index < -0.39 is 11.7 Å². The van der Waals surface area contributed by atoms with Gasteiger partial charge in [-0.05, 0) is 74.3 Å². The van der Waals surface area contributed by atoms with Crippen LogP contribution in [-0.4, -0.2) is 46.0 Å². The molecular formula is C29H27F3N4O. The fourth-order valence-electron chi connectivity index (χ4n) is 5.28. The van der Waals surface area contributed by atoms with Crippen LogP contribution in [0.1, 0.15) is 39.5 Å². The molecule has 2 aromatic heterocycles. The van der Waals surface area contributed by atoms with Crippen molar-refractivity contribution in [2.45, 2.75) is 25.4 Å². The number of likely N-dealkylation sites (tertiary alicyclic amines) is 1. The Kier molecular flexibility index (Phi) is 6.69. The molecule has 0 aliphatic carbocycles. The van der Waals surface area contributed by atoms with Crippen molar-refractivity contribution in [1.29, 1.82) is 0 Å². The van der Waals surface area contributed by atoms with Crippen LogP contribution in [0.5, 0.6) is 0 Å². The average Bonchev–Trinajstić information content (AvgIpc) is 3.46. The fourth-order valence-corrected chi connectivity index (χ4v) is 5.28. The molecule has 2 aromatic carbocycles. The molecule has 5 nitrogen and oxygen atoms in total. The third-order valence-electron chi connectivity index (χ3n) is 7.01. The summed E-state index contributed by atoms with van der Waals surface area (Å²) >= 11 is 0. The minimum Gasteiger partial charge on any atom is -0.305 e. The number of carbonyl (C=O) groups excluding carboxylic acids is 1. The molecule has 3 heterocycles. The third-order valence-corrected chi connectivity index (χ3v) is 7.01. The maximum Gasteiger partial charge on any atom is 0.416 e. The molecule has 0 spiro atoms. The number of rotatable bonds is 6. The molecule has 0 radical (unpaired) electrons. The second-order valence-electron chi connectivity index (χ2n) is 9.69. The monoisotopic (exact) mass is 504 g/mol. The first kappa shape index (κ1) is 24.9. The van der Waals surface area contributed by atoms with Gasteiger partial charge in [0.15, 0.2) is 5.78 Å². The fraction of sp³-hybridized carbons (Fsp3) is 0.276. The van der Waals surface area contributed by atoms with Gasteiger partial charge in [0.25, 0.3) is 0 Å². The SMILES string of the molecule is Cc1cc(-c2n[nH]c3ccc(C(=O)/C=C/CC4CN(C)C[C@H]4c4ccccc4C(F)(F)F)cc23)ccn1. The molecule has 1 aliphatic heterocycles. The minimum atomic E-state index is -4.40. The zero-order valence-electron chi connectivity index (χ0n) is 20.6. The molecule has 0 bridgehead atoms. The summed E-state index contributed by atoms with van der Waals surface area (Å²) in [5.41, 5.74) is 3.64. The first-order valence-electron chi connectivity index (χ1n) is 12.2. The molecule has 0 amide bonds. The largest absolute Gasteiger partial charge is 0.416 e. The van der Waals surface area contributed by atoms with E-state index in [1.54, 1.807) is 30.5 Å². The molecule has 190 valence electrons. The summed E-state index contributed by atoms with van der Waals surface area (Å²) in [4.78, 5) is 19.3. The smallest absolute Gasteiger partial charge is 0.305 e. The van der Waals surface area contributed by atoms with Crippen molar-refractivity contribution in [2.24, 2.45) is 5.92 Å². The van der Waals surface area contributed by atoms with Gasteiger partial charge in [-0.3, -0.25) is 14.9 Å². The first-order valence-corrected chi connectivity index (χ1v) is 12.2. The molecule has 1 unspecified atom stereocenters. The highest BCUT2D eigenvalue weighted by Crippen LogP contribution is 2.41. The summed E-state index contributed by atoms with van der Waals surface area (Å²) in [6.45, 7) is 3.13. The number of halogens is 3. The van der Waals surface area contributed by atoms with Crippen LogP contribution in [0.15, 0.2) is 72.9 Å². The summed E-state index contributed by atoms with van der Waals surface area (Å²) in [6, 6.07) is 15.0. The van der Waals surface area contributed by atoms with E-state index in [9.17, 15) is 18.0 Å². The van der Waals surface area contributed by atoms with Crippen molar-refractivity contribution in [1.82, 2.24) is 20.1 Å². The topological polar surface area (TPSA) is 61.9 Å². The van der Waals surface area contributed by atoms with Gasteiger partial charge < -0.3 is 4.90 Å². The number of H-pyrrole nitrogens is 1. The summed E-state index contributed by atoms with van der Waals surface area (Å²) in [6.07, 6.45) is 1.17. The molecule has 1 fully saturated rings. The Bertz CT molecular complexity index is 1470. The van der Waals surface area contributed by atoms with Crippen LogP contribution < -0.4 is 0 Å². The molecule has 1 saturated heterocycles. The zero-order valence-corrected chi connectivity index (χ0v) is 20.6. The molecular weight excluding hydrogens is 477 g/mol. The number of ketones is 1. The number of nitrogens with zero attached hydrogens (tertiary/aromatic N) is 3. The van der Waals surface area contributed by atoms with E-state index >= 15 is 0 Å². The lowest BCUT2D eigenvalue weighted by Crippen LogP contribution is -2.17. The highest BCUT2D eigenvalue weighted by molar-refractivity contribution is 6.07. The van der Waals surface area contributed by atoms with Gasteiger partial charge in [-0.2, -0.15) is 18.3 Å².